The predicted molar refractivity (Wildman–Crippen MR) is 131 cm³/mol. The normalized spacial score (nSPS) is 14.0. The smallest absolute Gasteiger partial charge is 0.352 e. The lowest BCUT2D eigenvalue weighted by atomic mass is 10.0. The van der Waals surface area contributed by atoms with E-state index in [2.05, 4.69) is 19.9 Å². The lowest BCUT2D eigenvalue weighted by Gasteiger charge is -2.35. The van der Waals surface area contributed by atoms with Gasteiger partial charge in [0.25, 0.3) is 5.91 Å². The number of nitrogens with zero attached hydrogens (tertiary/aromatic N) is 7. The highest BCUT2D eigenvalue weighted by Crippen LogP contribution is 2.34. The minimum absolute atomic E-state index is 0.0236. The Morgan fingerprint density at radius 3 is 2.18 bits per heavy atom. The first kappa shape index (κ1) is 25.5. The Hall–Kier alpha value is -4.19. The molecule has 0 aliphatic carbocycles. The number of anilines is 1. The second-order valence-electron chi connectivity index (χ2n) is 8.36. The SMILES string of the molecule is O=C(c1cnc(C(F)(F)F)nc1)N1CCN(c2cnc(-c3ccc(F)cc3)c(-c3ccncc3Cl)n2)CC1. The number of hydrogen-bond acceptors (Lipinski definition) is 7. The molecule has 1 aliphatic rings. The molecule has 0 radical (unpaired) electrons. The van der Waals surface area contributed by atoms with Crippen LogP contribution >= 0.6 is 11.6 Å². The van der Waals surface area contributed by atoms with Crippen LogP contribution in [0, 0.1) is 5.82 Å². The molecule has 5 rings (SSSR count). The van der Waals surface area contributed by atoms with E-state index in [0.29, 0.717) is 59.5 Å². The summed E-state index contributed by atoms with van der Waals surface area (Å²) in [6, 6.07) is 7.59. The molecule has 1 amide bonds. The van der Waals surface area contributed by atoms with Gasteiger partial charge in [-0.05, 0) is 30.3 Å². The molecule has 0 N–H and O–H groups in total. The lowest BCUT2D eigenvalue weighted by molar-refractivity contribution is -0.145. The number of aromatic nitrogens is 5. The van der Waals surface area contributed by atoms with Gasteiger partial charge in [0.05, 0.1) is 22.5 Å². The number of halogens is 5. The predicted octanol–water partition coefficient (Wildman–Crippen LogP) is 4.77. The van der Waals surface area contributed by atoms with Crippen LogP contribution in [0.4, 0.5) is 23.4 Å². The van der Waals surface area contributed by atoms with Crippen molar-refractivity contribution < 1.29 is 22.4 Å². The van der Waals surface area contributed by atoms with Crippen molar-refractivity contribution in [1.29, 1.82) is 0 Å². The fourth-order valence-electron chi connectivity index (χ4n) is 4.01. The molecule has 1 aliphatic heterocycles. The molecular formula is C25H18ClF4N7O. The minimum atomic E-state index is -4.68. The van der Waals surface area contributed by atoms with Gasteiger partial charge in [-0.15, -0.1) is 0 Å². The molecule has 0 spiro atoms. The van der Waals surface area contributed by atoms with E-state index in [4.69, 9.17) is 16.6 Å². The van der Waals surface area contributed by atoms with Gasteiger partial charge >= 0.3 is 6.18 Å². The van der Waals surface area contributed by atoms with E-state index in [1.54, 1.807) is 30.6 Å². The van der Waals surface area contributed by atoms with Crippen LogP contribution in [0.2, 0.25) is 5.02 Å². The van der Waals surface area contributed by atoms with Gasteiger partial charge in [-0.1, -0.05) is 11.6 Å². The number of amides is 1. The van der Waals surface area contributed by atoms with Crippen molar-refractivity contribution in [3.8, 4) is 22.5 Å². The van der Waals surface area contributed by atoms with E-state index >= 15 is 0 Å². The molecule has 0 saturated carbocycles. The third kappa shape index (κ3) is 5.25. The summed E-state index contributed by atoms with van der Waals surface area (Å²) < 4.78 is 51.6. The molecule has 1 aromatic carbocycles. The number of rotatable bonds is 4. The minimum Gasteiger partial charge on any atom is -0.352 e. The molecule has 8 nitrogen and oxygen atoms in total. The van der Waals surface area contributed by atoms with E-state index in [1.807, 2.05) is 4.90 Å². The Kier molecular flexibility index (Phi) is 6.89. The molecule has 38 heavy (non-hydrogen) atoms. The zero-order chi connectivity index (χ0) is 26.9. The molecule has 13 heteroatoms. The zero-order valence-electron chi connectivity index (χ0n) is 19.5. The summed E-state index contributed by atoms with van der Waals surface area (Å²) >= 11 is 6.41. The number of hydrogen-bond donors (Lipinski definition) is 0. The summed E-state index contributed by atoms with van der Waals surface area (Å²) in [5.41, 5.74) is 2.23. The third-order valence-electron chi connectivity index (χ3n) is 5.95. The van der Waals surface area contributed by atoms with Crippen molar-refractivity contribution in [2.45, 2.75) is 6.18 Å². The Labute approximate surface area is 219 Å². The Morgan fingerprint density at radius 2 is 1.55 bits per heavy atom. The average Bonchev–Trinajstić information content (AvgIpc) is 2.93. The van der Waals surface area contributed by atoms with E-state index < -0.39 is 17.9 Å². The van der Waals surface area contributed by atoms with Gasteiger partial charge in [0.2, 0.25) is 5.82 Å². The average molecular weight is 544 g/mol. The van der Waals surface area contributed by atoms with Gasteiger partial charge in [0.1, 0.15) is 17.3 Å². The standard InChI is InChI=1S/C25H18ClF4N7O/c26-19-13-31-6-5-18(19)22-21(15-1-3-17(27)4-2-15)32-14-20(35-22)36-7-9-37(10-8-36)23(38)16-11-33-24(34-12-16)25(28,29)30/h1-6,11-14H,7-10H2. The first-order valence-electron chi connectivity index (χ1n) is 11.4. The summed E-state index contributed by atoms with van der Waals surface area (Å²) in [6.07, 6.45) is 1.76. The second-order valence-corrected chi connectivity index (χ2v) is 8.77. The van der Waals surface area contributed by atoms with Crippen molar-refractivity contribution in [3.05, 3.63) is 83.5 Å². The number of piperazine rings is 1. The molecule has 1 saturated heterocycles. The maximum absolute atomic E-state index is 13.5. The van der Waals surface area contributed by atoms with Crippen LogP contribution in [-0.2, 0) is 6.18 Å². The van der Waals surface area contributed by atoms with Crippen LogP contribution in [-0.4, -0.2) is 61.9 Å². The number of alkyl halides is 3. The number of benzene rings is 1. The Bertz CT molecular complexity index is 1460. The molecule has 0 unspecified atom stereocenters. The van der Waals surface area contributed by atoms with Crippen molar-refractivity contribution in [3.63, 3.8) is 0 Å². The number of carbonyl (C=O) groups is 1. The number of pyridine rings is 1. The molecule has 194 valence electrons. The van der Waals surface area contributed by atoms with Crippen molar-refractivity contribution in [2.24, 2.45) is 0 Å². The highest BCUT2D eigenvalue weighted by Gasteiger charge is 2.35. The maximum atomic E-state index is 13.5. The van der Waals surface area contributed by atoms with Gasteiger partial charge in [0, 0.05) is 62.1 Å². The third-order valence-corrected chi connectivity index (χ3v) is 6.25. The van der Waals surface area contributed by atoms with E-state index in [9.17, 15) is 22.4 Å². The monoisotopic (exact) mass is 543 g/mol. The van der Waals surface area contributed by atoms with E-state index in [-0.39, 0.29) is 11.4 Å². The topological polar surface area (TPSA) is 88.0 Å². The zero-order valence-corrected chi connectivity index (χ0v) is 20.3. The van der Waals surface area contributed by atoms with Crippen LogP contribution < -0.4 is 4.90 Å². The Balaban J connectivity index is 1.37. The molecule has 3 aromatic heterocycles. The first-order chi connectivity index (χ1) is 18.2. The molecular weight excluding hydrogens is 526 g/mol. The largest absolute Gasteiger partial charge is 0.451 e. The van der Waals surface area contributed by atoms with Crippen LogP contribution in [0.25, 0.3) is 22.5 Å². The van der Waals surface area contributed by atoms with Crippen molar-refractivity contribution in [1.82, 2.24) is 29.8 Å². The lowest BCUT2D eigenvalue weighted by Crippen LogP contribution is -2.49. The summed E-state index contributed by atoms with van der Waals surface area (Å²) in [4.78, 5) is 36.2. The quantitative estimate of drug-likeness (QED) is 0.343. The number of carbonyl (C=O) groups excluding carboxylic acids is 1. The van der Waals surface area contributed by atoms with Crippen LogP contribution in [0.15, 0.2) is 61.3 Å². The Morgan fingerprint density at radius 1 is 0.868 bits per heavy atom. The molecule has 0 atom stereocenters. The molecule has 4 heterocycles. The van der Waals surface area contributed by atoms with Gasteiger partial charge < -0.3 is 9.80 Å². The van der Waals surface area contributed by atoms with Crippen LogP contribution in [0.5, 0.6) is 0 Å². The first-order valence-corrected chi connectivity index (χ1v) is 11.7. The summed E-state index contributed by atoms with van der Waals surface area (Å²) in [5, 5.41) is 0.372. The van der Waals surface area contributed by atoms with Gasteiger partial charge in [-0.3, -0.25) is 14.8 Å². The van der Waals surface area contributed by atoms with Gasteiger partial charge in [-0.25, -0.2) is 19.3 Å². The van der Waals surface area contributed by atoms with Crippen molar-refractivity contribution in [2.75, 3.05) is 31.1 Å². The molecule has 0 bridgehead atoms. The fraction of sp³-hybridized carbons (Fsp3) is 0.200. The highest BCUT2D eigenvalue weighted by atomic mass is 35.5. The van der Waals surface area contributed by atoms with E-state index in [0.717, 1.165) is 12.4 Å². The maximum Gasteiger partial charge on any atom is 0.451 e. The molecule has 1 fully saturated rings. The summed E-state index contributed by atoms with van der Waals surface area (Å²) in [6.45, 7) is 1.40. The van der Waals surface area contributed by atoms with Crippen LogP contribution in [0.1, 0.15) is 16.2 Å². The second kappa shape index (κ2) is 10.3. The van der Waals surface area contributed by atoms with Gasteiger partial charge in [-0.2, -0.15) is 13.2 Å². The molecule has 4 aromatic rings. The van der Waals surface area contributed by atoms with E-state index in [1.165, 1.54) is 23.2 Å². The highest BCUT2D eigenvalue weighted by molar-refractivity contribution is 6.33. The van der Waals surface area contributed by atoms with Crippen LogP contribution in [0.3, 0.4) is 0 Å². The fourth-order valence-corrected chi connectivity index (χ4v) is 4.22. The van der Waals surface area contributed by atoms with Gasteiger partial charge in [0.15, 0.2) is 0 Å². The van der Waals surface area contributed by atoms with Crippen molar-refractivity contribution >= 4 is 23.3 Å². The summed E-state index contributed by atoms with van der Waals surface area (Å²) in [5.74, 6) is -1.59. The summed E-state index contributed by atoms with van der Waals surface area (Å²) in [7, 11) is 0.